The lowest BCUT2D eigenvalue weighted by Gasteiger charge is -2.08. The third kappa shape index (κ3) is 4.35. The van der Waals surface area contributed by atoms with Gasteiger partial charge in [0.1, 0.15) is 5.52 Å². The first-order valence-electron chi connectivity index (χ1n) is 11.2. The number of esters is 1. The van der Waals surface area contributed by atoms with Crippen LogP contribution in [0.3, 0.4) is 0 Å². The van der Waals surface area contributed by atoms with Gasteiger partial charge in [0.25, 0.3) is 0 Å². The monoisotopic (exact) mass is 435 g/mol. The number of rotatable bonds is 6. The molecule has 1 N–H and O–H groups in total. The number of nitrogens with zero attached hydrogens (tertiary/aromatic N) is 2. The molecule has 0 aliphatic carbocycles. The van der Waals surface area contributed by atoms with E-state index in [1.165, 1.54) is 16.5 Å². The molecule has 3 heterocycles. The van der Waals surface area contributed by atoms with Crippen LogP contribution in [0.1, 0.15) is 29.7 Å². The van der Waals surface area contributed by atoms with Crippen molar-refractivity contribution in [3.8, 4) is 17.1 Å². The highest BCUT2D eigenvalue weighted by molar-refractivity contribution is 5.91. The second-order valence-electron chi connectivity index (χ2n) is 8.35. The minimum absolute atomic E-state index is 0.249. The van der Waals surface area contributed by atoms with E-state index in [4.69, 9.17) is 4.74 Å². The maximum absolute atomic E-state index is 12.7. The highest BCUT2D eigenvalue weighted by Gasteiger charge is 2.16. The fraction of sp³-hybridized carbons (Fsp3) is 0.179. The van der Waals surface area contributed by atoms with Crippen LogP contribution in [0.15, 0.2) is 72.9 Å². The van der Waals surface area contributed by atoms with E-state index in [9.17, 15) is 4.79 Å². The van der Waals surface area contributed by atoms with E-state index in [-0.39, 0.29) is 5.97 Å². The van der Waals surface area contributed by atoms with Crippen molar-refractivity contribution in [2.75, 3.05) is 0 Å². The normalized spacial score (nSPS) is 11.2. The molecule has 5 heteroatoms. The van der Waals surface area contributed by atoms with Crippen LogP contribution < -0.4 is 4.74 Å². The molecule has 0 fully saturated rings. The summed E-state index contributed by atoms with van der Waals surface area (Å²) in [7, 11) is 0. The molecule has 0 amide bonds. The number of aromatic nitrogens is 3. The van der Waals surface area contributed by atoms with Crippen molar-refractivity contribution in [1.82, 2.24) is 15.0 Å². The van der Waals surface area contributed by atoms with E-state index >= 15 is 0 Å². The molecule has 0 spiro atoms. The minimum Gasteiger partial charge on any atom is -0.424 e. The summed E-state index contributed by atoms with van der Waals surface area (Å²) in [6.07, 6.45) is 3.55. The van der Waals surface area contributed by atoms with Gasteiger partial charge in [0.2, 0.25) is 0 Å². The number of hydrogen-bond donors (Lipinski definition) is 1. The molecule has 5 rings (SSSR count). The summed E-state index contributed by atoms with van der Waals surface area (Å²) >= 11 is 0. The van der Waals surface area contributed by atoms with Gasteiger partial charge in [-0.3, -0.25) is 9.78 Å². The Morgan fingerprint density at radius 3 is 2.76 bits per heavy atom. The lowest BCUT2D eigenvalue weighted by molar-refractivity contribution is -0.134. The molecule has 0 radical (unpaired) electrons. The van der Waals surface area contributed by atoms with Gasteiger partial charge in [-0.15, -0.1) is 0 Å². The van der Waals surface area contributed by atoms with Gasteiger partial charge in [0.15, 0.2) is 5.75 Å². The lowest BCUT2D eigenvalue weighted by atomic mass is 10.0. The van der Waals surface area contributed by atoms with Crippen LogP contribution in [0, 0.1) is 13.8 Å². The zero-order valence-corrected chi connectivity index (χ0v) is 18.8. The number of pyridine rings is 2. The van der Waals surface area contributed by atoms with Crippen LogP contribution in [0.5, 0.6) is 5.75 Å². The Kier molecular flexibility index (Phi) is 5.61. The first-order chi connectivity index (χ1) is 16.1. The van der Waals surface area contributed by atoms with E-state index in [1.54, 1.807) is 12.3 Å². The van der Waals surface area contributed by atoms with Crippen LogP contribution >= 0.6 is 0 Å². The SMILES string of the molecule is Cc1ccc2[nH]c(-c3ccccn3)c(CCCC(=O)Oc3cccc4ccc(C)nc34)c2c1. The minimum atomic E-state index is -0.249. The van der Waals surface area contributed by atoms with Gasteiger partial charge in [-0.05, 0) is 68.7 Å². The molecule has 3 aromatic heterocycles. The number of aromatic amines is 1. The second-order valence-corrected chi connectivity index (χ2v) is 8.35. The number of carbonyl (C=O) groups excluding carboxylic acids is 1. The summed E-state index contributed by atoms with van der Waals surface area (Å²) in [6, 6.07) is 21.9. The Hall–Kier alpha value is -3.99. The van der Waals surface area contributed by atoms with Crippen molar-refractivity contribution in [2.24, 2.45) is 0 Å². The fourth-order valence-corrected chi connectivity index (χ4v) is 4.23. The number of para-hydroxylation sites is 1. The van der Waals surface area contributed by atoms with Crippen molar-refractivity contribution in [2.45, 2.75) is 33.1 Å². The number of benzene rings is 2. The highest BCUT2D eigenvalue weighted by atomic mass is 16.5. The number of nitrogens with one attached hydrogen (secondary N) is 1. The van der Waals surface area contributed by atoms with Crippen molar-refractivity contribution in [3.05, 3.63) is 89.7 Å². The molecule has 5 aromatic rings. The number of fused-ring (bicyclic) bond motifs is 2. The summed E-state index contributed by atoms with van der Waals surface area (Å²) < 4.78 is 5.70. The third-order valence-corrected chi connectivity index (χ3v) is 5.84. The van der Waals surface area contributed by atoms with Gasteiger partial charge in [0.05, 0.1) is 11.4 Å². The Bertz CT molecular complexity index is 1450. The molecule has 5 nitrogen and oxygen atoms in total. The summed E-state index contributed by atoms with van der Waals surface area (Å²) in [4.78, 5) is 25.3. The lowest BCUT2D eigenvalue weighted by Crippen LogP contribution is -2.09. The predicted molar refractivity (Wildman–Crippen MR) is 131 cm³/mol. The Morgan fingerprint density at radius 2 is 1.91 bits per heavy atom. The van der Waals surface area contributed by atoms with Crippen molar-refractivity contribution in [1.29, 1.82) is 0 Å². The van der Waals surface area contributed by atoms with Gasteiger partial charge in [-0.2, -0.15) is 0 Å². The van der Waals surface area contributed by atoms with Gasteiger partial charge < -0.3 is 9.72 Å². The molecule has 0 bridgehead atoms. The quantitative estimate of drug-likeness (QED) is 0.250. The van der Waals surface area contributed by atoms with E-state index in [0.717, 1.165) is 39.9 Å². The molecule has 0 aliphatic rings. The van der Waals surface area contributed by atoms with Crippen molar-refractivity contribution in [3.63, 3.8) is 0 Å². The predicted octanol–water partition coefficient (Wildman–Crippen LogP) is 6.32. The summed E-state index contributed by atoms with van der Waals surface area (Å²) in [5.41, 5.74) is 6.99. The maximum atomic E-state index is 12.7. The number of H-pyrrole nitrogens is 1. The largest absolute Gasteiger partial charge is 0.424 e. The standard InChI is InChI=1S/C28H25N3O2/c1-18-12-15-23-22(17-18)21(28(31-23)24-9-3-4-16-29-24)8-6-11-26(32)33-25-10-5-7-20-14-13-19(2)30-27(20)25/h3-5,7,9-10,12-17,31H,6,8,11H2,1-2H3. The third-order valence-electron chi connectivity index (χ3n) is 5.84. The van der Waals surface area contributed by atoms with Gasteiger partial charge in [-0.1, -0.05) is 35.9 Å². The summed E-state index contributed by atoms with van der Waals surface area (Å²) in [5.74, 6) is 0.263. The molecular formula is C28H25N3O2. The number of hydrogen-bond acceptors (Lipinski definition) is 4. The van der Waals surface area contributed by atoms with Crippen LogP contribution in [-0.2, 0) is 11.2 Å². The summed E-state index contributed by atoms with van der Waals surface area (Å²) in [5, 5.41) is 2.14. The first kappa shape index (κ1) is 20.9. The maximum Gasteiger partial charge on any atom is 0.311 e. The van der Waals surface area contributed by atoms with E-state index in [1.807, 2.05) is 49.4 Å². The van der Waals surface area contributed by atoms with Crippen LogP contribution in [0.2, 0.25) is 0 Å². The van der Waals surface area contributed by atoms with E-state index in [0.29, 0.717) is 18.6 Å². The average molecular weight is 436 g/mol. The van der Waals surface area contributed by atoms with Gasteiger partial charge in [0, 0.05) is 34.6 Å². The molecule has 0 aliphatic heterocycles. The molecule has 0 saturated heterocycles. The molecule has 0 saturated carbocycles. The first-order valence-corrected chi connectivity index (χ1v) is 11.2. The topological polar surface area (TPSA) is 67.9 Å². The number of ether oxygens (including phenoxy) is 1. The van der Waals surface area contributed by atoms with Crippen LogP contribution in [0.4, 0.5) is 0 Å². The van der Waals surface area contributed by atoms with Crippen molar-refractivity contribution < 1.29 is 9.53 Å². The Morgan fingerprint density at radius 1 is 1.00 bits per heavy atom. The molecule has 0 unspecified atom stereocenters. The zero-order chi connectivity index (χ0) is 22.8. The molecule has 33 heavy (non-hydrogen) atoms. The number of aryl methyl sites for hydroxylation is 3. The molecular weight excluding hydrogens is 410 g/mol. The Labute approximate surface area is 192 Å². The van der Waals surface area contributed by atoms with E-state index in [2.05, 4.69) is 40.1 Å². The van der Waals surface area contributed by atoms with Gasteiger partial charge in [-0.25, -0.2) is 4.98 Å². The molecule has 0 atom stereocenters. The second kappa shape index (κ2) is 8.87. The van der Waals surface area contributed by atoms with Crippen LogP contribution in [0.25, 0.3) is 33.2 Å². The van der Waals surface area contributed by atoms with E-state index < -0.39 is 0 Å². The van der Waals surface area contributed by atoms with Crippen molar-refractivity contribution >= 4 is 27.8 Å². The molecule has 164 valence electrons. The van der Waals surface area contributed by atoms with Gasteiger partial charge >= 0.3 is 5.97 Å². The number of carbonyl (C=O) groups is 1. The summed E-state index contributed by atoms with van der Waals surface area (Å²) in [6.45, 7) is 4.02. The average Bonchev–Trinajstić information content (AvgIpc) is 3.18. The van der Waals surface area contributed by atoms with Crippen LogP contribution in [-0.4, -0.2) is 20.9 Å². The smallest absolute Gasteiger partial charge is 0.311 e. The molecule has 2 aromatic carbocycles. The Balaban J connectivity index is 1.35. The fourth-order valence-electron chi connectivity index (χ4n) is 4.23. The zero-order valence-electron chi connectivity index (χ0n) is 18.8. The highest BCUT2D eigenvalue weighted by Crippen LogP contribution is 2.31.